The summed E-state index contributed by atoms with van der Waals surface area (Å²) in [5.41, 5.74) is 5.67. The SMILES string of the molecule is Nc1ncc(Br)c(Nc2cc(Cl)ccc2F)n1. The summed E-state index contributed by atoms with van der Waals surface area (Å²) in [4.78, 5) is 7.72. The summed E-state index contributed by atoms with van der Waals surface area (Å²) in [7, 11) is 0. The van der Waals surface area contributed by atoms with Crippen LogP contribution in [0.5, 0.6) is 0 Å². The van der Waals surface area contributed by atoms with Gasteiger partial charge in [-0.25, -0.2) is 9.37 Å². The molecule has 0 bridgehead atoms. The molecule has 0 fully saturated rings. The summed E-state index contributed by atoms with van der Waals surface area (Å²) in [5, 5.41) is 3.21. The number of aromatic nitrogens is 2. The first-order chi connectivity index (χ1) is 8.06. The Morgan fingerprint density at radius 3 is 2.94 bits per heavy atom. The maximum Gasteiger partial charge on any atom is 0.222 e. The molecule has 17 heavy (non-hydrogen) atoms. The van der Waals surface area contributed by atoms with E-state index in [0.29, 0.717) is 15.3 Å². The maximum absolute atomic E-state index is 13.5. The van der Waals surface area contributed by atoms with Crippen molar-refractivity contribution in [2.45, 2.75) is 0 Å². The van der Waals surface area contributed by atoms with Crippen LogP contribution in [0.4, 0.5) is 21.8 Å². The highest BCUT2D eigenvalue weighted by atomic mass is 79.9. The number of nitrogen functional groups attached to an aromatic ring is 1. The number of anilines is 3. The molecule has 4 nitrogen and oxygen atoms in total. The van der Waals surface area contributed by atoms with Crippen molar-refractivity contribution in [1.29, 1.82) is 0 Å². The Hall–Kier alpha value is -1.40. The molecule has 0 atom stereocenters. The molecule has 7 heteroatoms. The largest absolute Gasteiger partial charge is 0.368 e. The molecule has 1 aromatic heterocycles. The smallest absolute Gasteiger partial charge is 0.222 e. The first-order valence-corrected chi connectivity index (χ1v) is 5.73. The van der Waals surface area contributed by atoms with Crippen molar-refractivity contribution >= 4 is 45.0 Å². The monoisotopic (exact) mass is 316 g/mol. The van der Waals surface area contributed by atoms with Gasteiger partial charge in [0.1, 0.15) is 11.6 Å². The Morgan fingerprint density at radius 2 is 2.18 bits per heavy atom. The summed E-state index contributed by atoms with van der Waals surface area (Å²) in [6, 6.07) is 4.19. The summed E-state index contributed by atoms with van der Waals surface area (Å²) in [6.45, 7) is 0. The van der Waals surface area contributed by atoms with Gasteiger partial charge < -0.3 is 11.1 Å². The van der Waals surface area contributed by atoms with Crippen LogP contribution in [0.15, 0.2) is 28.9 Å². The lowest BCUT2D eigenvalue weighted by Gasteiger charge is -2.08. The second kappa shape index (κ2) is 4.85. The van der Waals surface area contributed by atoms with Crippen LogP contribution in [0.2, 0.25) is 5.02 Å². The minimum Gasteiger partial charge on any atom is -0.368 e. The molecule has 2 aromatic rings. The maximum atomic E-state index is 13.5. The van der Waals surface area contributed by atoms with Gasteiger partial charge in [0.15, 0.2) is 0 Å². The molecule has 0 aliphatic heterocycles. The number of nitrogens with one attached hydrogen (secondary N) is 1. The van der Waals surface area contributed by atoms with Crippen LogP contribution < -0.4 is 11.1 Å². The lowest BCUT2D eigenvalue weighted by molar-refractivity contribution is 0.632. The Bertz CT molecular complexity index is 514. The van der Waals surface area contributed by atoms with E-state index >= 15 is 0 Å². The summed E-state index contributed by atoms with van der Waals surface area (Å²) in [6.07, 6.45) is 1.48. The number of benzene rings is 1. The van der Waals surface area contributed by atoms with Crippen LogP contribution in [-0.2, 0) is 0 Å². The Balaban J connectivity index is 2.37. The van der Waals surface area contributed by atoms with Gasteiger partial charge in [-0.2, -0.15) is 4.98 Å². The number of halogens is 3. The van der Waals surface area contributed by atoms with Gasteiger partial charge in [0.05, 0.1) is 10.2 Å². The molecule has 0 aliphatic rings. The van der Waals surface area contributed by atoms with E-state index in [2.05, 4.69) is 31.2 Å². The quantitative estimate of drug-likeness (QED) is 0.891. The van der Waals surface area contributed by atoms with Crippen LogP contribution in [0.25, 0.3) is 0 Å². The highest BCUT2D eigenvalue weighted by Gasteiger charge is 2.07. The predicted molar refractivity (Wildman–Crippen MR) is 68.8 cm³/mol. The van der Waals surface area contributed by atoms with Crippen molar-refractivity contribution in [3.63, 3.8) is 0 Å². The van der Waals surface area contributed by atoms with Crippen LogP contribution in [0.3, 0.4) is 0 Å². The van der Waals surface area contributed by atoms with Gasteiger partial charge in [-0.05, 0) is 34.1 Å². The van der Waals surface area contributed by atoms with Gasteiger partial charge >= 0.3 is 0 Å². The number of hydrogen-bond acceptors (Lipinski definition) is 4. The van der Waals surface area contributed by atoms with E-state index in [1.807, 2.05) is 0 Å². The third-order valence-electron chi connectivity index (χ3n) is 1.94. The zero-order valence-corrected chi connectivity index (χ0v) is 10.8. The minimum absolute atomic E-state index is 0.0955. The van der Waals surface area contributed by atoms with Crippen molar-refractivity contribution in [3.05, 3.63) is 39.7 Å². The summed E-state index contributed by atoms with van der Waals surface area (Å²) < 4.78 is 14.1. The standard InChI is InChI=1S/C10H7BrClFN4/c11-6-4-15-10(14)17-9(6)16-8-3-5(12)1-2-7(8)13/h1-4H,(H3,14,15,16,17). The fourth-order valence-electron chi connectivity index (χ4n) is 1.19. The van der Waals surface area contributed by atoms with E-state index < -0.39 is 5.82 Å². The number of hydrogen-bond donors (Lipinski definition) is 2. The molecule has 88 valence electrons. The zero-order chi connectivity index (χ0) is 12.4. The highest BCUT2D eigenvalue weighted by molar-refractivity contribution is 9.10. The van der Waals surface area contributed by atoms with E-state index in [0.717, 1.165) is 0 Å². The third kappa shape index (κ3) is 2.83. The molecule has 0 aliphatic carbocycles. The second-order valence-electron chi connectivity index (χ2n) is 3.17. The van der Waals surface area contributed by atoms with E-state index in [1.165, 1.54) is 24.4 Å². The summed E-state index contributed by atoms with van der Waals surface area (Å²) >= 11 is 9.01. The Morgan fingerprint density at radius 1 is 1.41 bits per heavy atom. The molecule has 1 heterocycles. The van der Waals surface area contributed by atoms with E-state index in [9.17, 15) is 4.39 Å². The van der Waals surface area contributed by atoms with Gasteiger partial charge in [0.25, 0.3) is 0 Å². The molecule has 2 rings (SSSR count). The number of rotatable bonds is 2. The highest BCUT2D eigenvalue weighted by Crippen LogP contribution is 2.27. The van der Waals surface area contributed by atoms with E-state index in [-0.39, 0.29) is 11.6 Å². The third-order valence-corrected chi connectivity index (χ3v) is 2.76. The minimum atomic E-state index is -0.432. The van der Waals surface area contributed by atoms with E-state index in [4.69, 9.17) is 17.3 Å². The molecule has 0 saturated carbocycles. The molecule has 1 aromatic carbocycles. The first kappa shape index (κ1) is 12.1. The Kier molecular flexibility index (Phi) is 3.44. The lowest BCUT2D eigenvalue weighted by Crippen LogP contribution is -2.01. The fraction of sp³-hybridized carbons (Fsp3) is 0. The fourth-order valence-corrected chi connectivity index (χ4v) is 1.65. The van der Waals surface area contributed by atoms with Crippen LogP contribution >= 0.6 is 27.5 Å². The zero-order valence-electron chi connectivity index (χ0n) is 8.42. The normalized spacial score (nSPS) is 10.3. The Labute approximate surface area is 110 Å². The molecule has 0 unspecified atom stereocenters. The van der Waals surface area contributed by atoms with Gasteiger partial charge in [-0.15, -0.1) is 0 Å². The van der Waals surface area contributed by atoms with Gasteiger partial charge in [0, 0.05) is 11.2 Å². The van der Waals surface area contributed by atoms with Crippen molar-refractivity contribution in [2.24, 2.45) is 0 Å². The second-order valence-corrected chi connectivity index (χ2v) is 4.46. The van der Waals surface area contributed by atoms with Crippen molar-refractivity contribution in [2.75, 3.05) is 11.1 Å². The molecule has 0 amide bonds. The molecule has 3 N–H and O–H groups in total. The molecule has 0 radical (unpaired) electrons. The molecular weight excluding hydrogens is 310 g/mol. The van der Waals surface area contributed by atoms with Gasteiger partial charge in [-0.3, -0.25) is 0 Å². The van der Waals surface area contributed by atoms with Crippen molar-refractivity contribution in [3.8, 4) is 0 Å². The predicted octanol–water partition coefficient (Wildman–Crippen LogP) is 3.36. The van der Waals surface area contributed by atoms with Crippen molar-refractivity contribution in [1.82, 2.24) is 9.97 Å². The average Bonchev–Trinajstić information content (AvgIpc) is 2.28. The number of nitrogens with two attached hydrogens (primary N) is 1. The van der Waals surface area contributed by atoms with Gasteiger partial charge in [-0.1, -0.05) is 11.6 Å². The van der Waals surface area contributed by atoms with E-state index in [1.54, 1.807) is 0 Å². The average molecular weight is 318 g/mol. The van der Waals surface area contributed by atoms with Crippen molar-refractivity contribution < 1.29 is 4.39 Å². The topological polar surface area (TPSA) is 63.8 Å². The van der Waals surface area contributed by atoms with Gasteiger partial charge in [0.2, 0.25) is 5.95 Å². The number of nitrogens with zero attached hydrogens (tertiary/aromatic N) is 2. The van der Waals surface area contributed by atoms with Crippen LogP contribution in [-0.4, -0.2) is 9.97 Å². The lowest BCUT2D eigenvalue weighted by atomic mass is 10.3. The molecule has 0 saturated heterocycles. The first-order valence-electron chi connectivity index (χ1n) is 4.56. The summed E-state index contributed by atoms with van der Waals surface area (Å²) in [5.74, 6) is 0.0373. The van der Waals surface area contributed by atoms with Crippen LogP contribution in [0.1, 0.15) is 0 Å². The molecular formula is C10H7BrClFN4. The van der Waals surface area contributed by atoms with Crippen LogP contribution in [0, 0.1) is 5.82 Å². The molecule has 0 spiro atoms.